The largest absolute Gasteiger partial charge is 0.349 e. The van der Waals surface area contributed by atoms with Gasteiger partial charge in [-0.3, -0.25) is 14.6 Å². The predicted octanol–water partition coefficient (Wildman–Crippen LogP) is 0.986. The van der Waals surface area contributed by atoms with E-state index in [1.54, 1.807) is 12.4 Å². The third-order valence-electron chi connectivity index (χ3n) is 2.62. The van der Waals surface area contributed by atoms with Gasteiger partial charge in [-0.2, -0.15) is 0 Å². The molecule has 0 aliphatic rings. The quantitative estimate of drug-likeness (QED) is 0.379. The van der Waals surface area contributed by atoms with E-state index in [1.165, 1.54) is 11.8 Å². The van der Waals surface area contributed by atoms with Gasteiger partial charge in [-0.1, -0.05) is 0 Å². The second kappa shape index (κ2) is 9.52. The second-order valence-electron chi connectivity index (χ2n) is 4.07. The molecule has 1 atom stereocenters. The molecular formula is C13H19N3O2S. The lowest BCUT2D eigenvalue weighted by Gasteiger charge is -2.14. The number of aromatic nitrogens is 1. The van der Waals surface area contributed by atoms with Crippen LogP contribution in [0, 0.1) is 0 Å². The zero-order valence-electron chi connectivity index (χ0n) is 10.7. The van der Waals surface area contributed by atoms with Crippen molar-refractivity contribution in [1.29, 1.82) is 0 Å². The molecule has 0 spiro atoms. The van der Waals surface area contributed by atoms with E-state index in [9.17, 15) is 9.59 Å². The van der Waals surface area contributed by atoms with Crippen LogP contribution in [-0.2, 0) is 9.59 Å². The number of nitrogens with one attached hydrogen (secondary N) is 1. The van der Waals surface area contributed by atoms with Gasteiger partial charge in [0.05, 0.1) is 11.8 Å². The van der Waals surface area contributed by atoms with Gasteiger partial charge in [0.25, 0.3) is 0 Å². The van der Waals surface area contributed by atoms with Gasteiger partial charge in [0.1, 0.15) is 0 Å². The Balaban J connectivity index is 2.40. The summed E-state index contributed by atoms with van der Waals surface area (Å²) < 4.78 is 0. The Labute approximate surface area is 117 Å². The molecule has 0 radical (unpaired) electrons. The molecule has 19 heavy (non-hydrogen) atoms. The van der Waals surface area contributed by atoms with E-state index in [0.29, 0.717) is 25.1 Å². The summed E-state index contributed by atoms with van der Waals surface area (Å²) in [4.78, 5) is 27.5. The summed E-state index contributed by atoms with van der Waals surface area (Å²) in [6, 6.07) is 3.32. The Hall–Kier alpha value is -1.40. The van der Waals surface area contributed by atoms with E-state index in [1.807, 2.05) is 12.1 Å². The maximum Gasteiger partial charge on any atom is 0.207 e. The van der Waals surface area contributed by atoms with E-state index < -0.39 is 6.04 Å². The Morgan fingerprint density at radius 1 is 1.53 bits per heavy atom. The van der Waals surface area contributed by atoms with Gasteiger partial charge in [-0.05, 0) is 37.9 Å². The summed E-state index contributed by atoms with van der Waals surface area (Å²) >= 11 is 1.43. The van der Waals surface area contributed by atoms with Crippen molar-refractivity contribution >= 4 is 24.0 Å². The topological polar surface area (TPSA) is 85.1 Å². The van der Waals surface area contributed by atoms with Crippen LogP contribution in [0.25, 0.3) is 0 Å². The highest BCUT2D eigenvalue weighted by atomic mass is 32.2. The molecule has 1 aromatic rings. The number of rotatable bonds is 10. The normalized spacial score (nSPS) is 11.8. The molecule has 0 aliphatic carbocycles. The van der Waals surface area contributed by atoms with Crippen molar-refractivity contribution < 1.29 is 9.59 Å². The van der Waals surface area contributed by atoms with Gasteiger partial charge < -0.3 is 11.1 Å². The van der Waals surface area contributed by atoms with Gasteiger partial charge in [0, 0.05) is 17.3 Å². The van der Waals surface area contributed by atoms with E-state index in [-0.39, 0.29) is 5.78 Å². The van der Waals surface area contributed by atoms with E-state index in [0.717, 1.165) is 17.7 Å². The van der Waals surface area contributed by atoms with Crippen molar-refractivity contribution in [1.82, 2.24) is 10.3 Å². The highest BCUT2D eigenvalue weighted by Gasteiger charge is 2.17. The number of amides is 1. The zero-order valence-corrected chi connectivity index (χ0v) is 11.6. The standard InChI is InChI=1S/C13H19N3O2S/c14-6-2-1-5-12(16-10-17)13(18)9-19-11-4-3-7-15-8-11/h3-4,7-8,10,12H,1-2,5-6,9,14H2,(H,16,17). The van der Waals surface area contributed by atoms with Crippen LogP contribution in [0.1, 0.15) is 19.3 Å². The lowest BCUT2D eigenvalue weighted by atomic mass is 10.1. The fourth-order valence-electron chi connectivity index (χ4n) is 1.60. The van der Waals surface area contributed by atoms with Crippen LogP contribution in [0.3, 0.4) is 0 Å². The molecule has 5 nitrogen and oxygen atoms in total. The first-order chi connectivity index (χ1) is 9.27. The molecule has 1 rings (SSSR count). The molecule has 1 unspecified atom stereocenters. The maximum atomic E-state index is 12.0. The number of hydrogen-bond acceptors (Lipinski definition) is 5. The maximum absolute atomic E-state index is 12.0. The van der Waals surface area contributed by atoms with Crippen LogP contribution >= 0.6 is 11.8 Å². The van der Waals surface area contributed by atoms with E-state index in [4.69, 9.17) is 5.73 Å². The summed E-state index contributed by atoms with van der Waals surface area (Å²) in [5.41, 5.74) is 5.41. The average molecular weight is 281 g/mol. The van der Waals surface area contributed by atoms with Gasteiger partial charge in [0.2, 0.25) is 6.41 Å². The van der Waals surface area contributed by atoms with Crippen molar-refractivity contribution in [2.75, 3.05) is 12.3 Å². The summed E-state index contributed by atoms with van der Waals surface area (Å²) in [5.74, 6) is 0.359. The van der Waals surface area contributed by atoms with Crippen molar-refractivity contribution in [3.05, 3.63) is 24.5 Å². The molecule has 0 aliphatic heterocycles. The fourth-order valence-corrected chi connectivity index (χ4v) is 2.42. The van der Waals surface area contributed by atoms with E-state index in [2.05, 4.69) is 10.3 Å². The predicted molar refractivity (Wildman–Crippen MR) is 75.9 cm³/mol. The van der Waals surface area contributed by atoms with Gasteiger partial charge in [-0.25, -0.2) is 0 Å². The molecule has 1 aromatic heterocycles. The SMILES string of the molecule is NCCCCC(NC=O)C(=O)CSc1cccnc1. The lowest BCUT2D eigenvalue weighted by molar-refractivity contribution is -0.121. The molecule has 0 aromatic carbocycles. The second-order valence-corrected chi connectivity index (χ2v) is 5.11. The smallest absolute Gasteiger partial charge is 0.207 e. The summed E-state index contributed by atoms with van der Waals surface area (Å²) in [6.45, 7) is 0.604. The van der Waals surface area contributed by atoms with Crippen LogP contribution < -0.4 is 11.1 Å². The Morgan fingerprint density at radius 3 is 3.00 bits per heavy atom. The third-order valence-corrected chi connectivity index (χ3v) is 3.62. The van der Waals surface area contributed by atoms with E-state index >= 15 is 0 Å². The van der Waals surface area contributed by atoms with Gasteiger partial charge in [-0.15, -0.1) is 11.8 Å². The minimum Gasteiger partial charge on any atom is -0.349 e. The first-order valence-electron chi connectivity index (χ1n) is 6.23. The minimum absolute atomic E-state index is 0.0259. The number of hydrogen-bond donors (Lipinski definition) is 2. The summed E-state index contributed by atoms with van der Waals surface area (Å²) in [7, 11) is 0. The van der Waals surface area contributed by atoms with Gasteiger partial charge in [0.15, 0.2) is 5.78 Å². The van der Waals surface area contributed by atoms with Crippen molar-refractivity contribution in [3.8, 4) is 0 Å². The molecule has 0 saturated heterocycles. The number of ketones is 1. The Kier molecular flexibility index (Phi) is 7.84. The van der Waals surface area contributed by atoms with Crippen molar-refractivity contribution in [2.45, 2.75) is 30.2 Å². The number of Topliss-reactive ketones (excluding diaryl/α,β-unsaturated/α-hetero) is 1. The number of pyridine rings is 1. The number of nitrogens with zero attached hydrogens (tertiary/aromatic N) is 1. The first-order valence-corrected chi connectivity index (χ1v) is 7.21. The molecule has 0 bridgehead atoms. The van der Waals surface area contributed by atoms with Crippen LogP contribution in [0.5, 0.6) is 0 Å². The number of carbonyl (C=O) groups excluding carboxylic acids is 2. The number of nitrogens with two attached hydrogens (primary N) is 1. The minimum atomic E-state index is -0.409. The first kappa shape index (κ1) is 15.7. The number of thioether (sulfide) groups is 1. The molecule has 3 N–H and O–H groups in total. The average Bonchev–Trinajstić information content (AvgIpc) is 2.45. The monoisotopic (exact) mass is 281 g/mol. The molecule has 1 amide bonds. The molecule has 0 fully saturated rings. The number of carbonyl (C=O) groups is 2. The number of unbranched alkanes of at least 4 members (excludes halogenated alkanes) is 1. The van der Waals surface area contributed by atoms with Crippen LogP contribution in [0.4, 0.5) is 0 Å². The summed E-state index contributed by atoms with van der Waals surface area (Å²) in [5, 5.41) is 2.58. The van der Waals surface area contributed by atoms with Gasteiger partial charge >= 0.3 is 0 Å². The van der Waals surface area contributed by atoms with Crippen LogP contribution in [-0.4, -0.2) is 35.5 Å². The highest BCUT2D eigenvalue weighted by Crippen LogP contribution is 2.17. The van der Waals surface area contributed by atoms with Crippen LogP contribution in [0.15, 0.2) is 29.4 Å². The summed E-state index contributed by atoms with van der Waals surface area (Å²) in [6.07, 6.45) is 6.33. The molecular weight excluding hydrogens is 262 g/mol. The van der Waals surface area contributed by atoms with Crippen molar-refractivity contribution in [2.24, 2.45) is 5.73 Å². The lowest BCUT2D eigenvalue weighted by Crippen LogP contribution is -2.37. The third kappa shape index (κ3) is 6.35. The Morgan fingerprint density at radius 2 is 2.37 bits per heavy atom. The molecule has 6 heteroatoms. The molecule has 104 valence electrons. The molecule has 1 heterocycles. The Bertz CT molecular complexity index is 387. The fraction of sp³-hybridized carbons (Fsp3) is 0.462. The van der Waals surface area contributed by atoms with Crippen LogP contribution in [0.2, 0.25) is 0 Å². The van der Waals surface area contributed by atoms with Crippen molar-refractivity contribution in [3.63, 3.8) is 0 Å². The highest BCUT2D eigenvalue weighted by molar-refractivity contribution is 8.00. The molecule has 0 saturated carbocycles. The zero-order chi connectivity index (χ0) is 13.9.